The Hall–Kier alpha value is -2.04. The van der Waals surface area contributed by atoms with Crippen molar-refractivity contribution in [3.8, 4) is 0 Å². The lowest BCUT2D eigenvalue weighted by atomic mass is 10.1. The van der Waals surface area contributed by atoms with Gasteiger partial charge in [-0.15, -0.1) is 0 Å². The van der Waals surface area contributed by atoms with Gasteiger partial charge in [0.1, 0.15) is 12.4 Å². The van der Waals surface area contributed by atoms with E-state index in [9.17, 15) is 14.0 Å². The van der Waals surface area contributed by atoms with Crippen LogP contribution in [0.1, 0.15) is 40.7 Å². The Morgan fingerprint density at radius 1 is 1.23 bits per heavy atom. The maximum atomic E-state index is 13.8. The molecule has 0 unspecified atom stereocenters. The van der Waals surface area contributed by atoms with Crippen LogP contribution in [0.2, 0.25) is 0 Å². The first-order valence-corrected chi connectivity index (χ1v) is 11.3. The molecule has 31 heavy (non-hydrogen) atoms. The number of hydrogen-bond acceptors (Lipinski definition) is 4. The summed E-state index contributed by atoms with van der Waals surface area (Å²) in [7, 11) is 0. The first-order chi connectivity index (χ1) is 14.9. The zero-order valence-corrected chi connectivity index (χ0v) is 19.9. The summed E-state index contributed by atoms with van der Waals surface area (Å²) < 4.78 is 23.2. The molecule has 0 aliphatic heterocycles. The molecule has 0 saturated heterocycles. The first-order valence-electron chi connectivity index (χ1n) is 9.86. The van der Waals surface area contributed by atoms with Gasteiger partial charge in [0.2, 0.25) is 0 Å². The lowest BCUT2D eigenvalue weighted by Crippen LogP contribution is -2.25. The van der Waals surface area contributed by atoms with Crippen LogP contribution in [0.5, 0.6) is 0 Å². The van der Waals surface area contributed by atoms with Crippen LogP contribution in [-0.4, -0.2) is 19.6 Å². The molecule has 0 spiro atoms. The van der Waals surface area contributed by atoms with Gasteiger partial charge in [0.25, 0.3) is 5.24 Å². The van der Waals surface area contributed by atoms with Crippen LogP contribution in [0.4, 0.5) is 4.39 Å². The van der Waals surface area contributed by atoms with Gasteiger partial charge in [-0.05, 0) is 77.2 Å². The minimum atomic E-state index is -0.691. The normalized spacial score (nSPS) is 11.1. The highest BCUT2D eigenvalue weighted by molar-refractivity contribution is 14.1. The molecule has 1 heterocycles. The van der Waals surface area contributed by atoms with Crippen LogP contribution in [0, 0.1) is 9.39 Å². The number of aryl methyl sites for hydroxylation is 2. The first kappa shape index (κ1) is 23.6. The number of rotatable bonds is 10. The molecule has 164 valence electrons. The second kappa shape index (κ2) is 11.0. The van der Waals surface area contributed by atoms with E-state index in [1.165, 1.54) is 10.7 Å². The molecule has 3 aromatic rings. The number of ether oxygens (including phenoxy) is 1. The average molecular weight is 558 g/mol. The summed E-state index contributed by atoms with van der Waals surface area (Å²) in [5.41, 5.74) is 1.68. The summed E-state index contributed by atoms with van der Waals surface area (Å²) in [5, 5.41) is 3.73. The Bertz CT molecular complexity index is 1120. The van der Waals surface area contributed by atoms with Crippen molar-refractivity contribution in [1.82, 2.24) is 14.3 Å². The number of carbonyl (C=O) groups is 1. The Balaban J connectivity index is 1.65. The average Bonchev–Trinajstić information content (AvgIpc) is 3.05. The molecule has 2 aromatic carbocycles. The Morgan fingerprint density at radius 2 is 1.97 bits per heavy atom. The highest BCUT2D eigenvalue weighted by Crippen LogP contribution is 2.22. The van der Waals surface area contributed by atoms with Crippen LogP contribution in [-0.2, 0) is 37.5 Å². The van der Waals surface area contributed by atoms with Crippen molar-refractivity contribution in [2.45, 2.75) is 46.1 Å². The molecule has 3 rings (SSSR count). The third-order valence-corrected chi connectivity index (χ3v) is 6.28. The molecule has 0 aliphatic rings. The lowest BCUT2D eigenvalue weighted by Gasteiger charge is -2.08. The van der Waals surface area contributed by atoms with Crippen LogP contribution in [0.3, 0.4) is 0 Å². The Morgan fingerprint density at radius 3 is 2.65 bits per heavy atom. The molecular weight excluding hydrogens is 536 g/mol. The molecule has 0 aliphatic carbocycles. The monoisotopic (exact) mass is 557 g/mol. The van der Waals surface area contributed by atoms with E-state index in [1.54, 1.807) is 4.57 Å². The topological polar surface area (TPSA) is 66.1 Å². The summed E-state index contributed by atoms with van der Waals surface area (Å²) >= 11 is 7.53. The van der Waals surface area contributed by atoms with Crippen molar-refractivity contribution in [2.24, 2.45) is 0 Å². The van der Waals surface area contributed by atoms with Crippen molar-refractivity contribution in [2.75, 3.05) is 0 Å². The molecule has 1 aromatic heterocycles. The van der Waals surface area contributed by atoms with Gasteiger partial charge in [-0.1, -0.05) is 30.3 Å². The van der Waals surface area contributed by atoms with Gasteiger partial charge in [0, 0.05) is 16.7 Å². The zero-order valence-electron chi connectivity index (χ0n) is 17.0. The summed E-state index contributed by atoms with van der Waals surface area (Å²) in [4.78, 5) is 24.1. The van der Waals surface area contributed by atoms with Gasteiger partial charge in [0.05, 0.1) is 12.2 Å². The third kappa shape index (κ3) is 6.02. The SMILES string of the molecule is CCn1c(COCc2ccccc2)nn(CCCc2cc(F)cc(C(=O)Cl)c2I)c1=O. The fourth-order valence-corrected chi connectivity index (χ4v) is 4.41. The van der Waals surface area contributed by atoms with Crippen LogP contribution >= 0.6 is 34.2 Å². The van der Waals surface area contributed by atoms with Crippen molar-refractivity contribution >= 4 is 39.4 Å². The number of nitrogens with zero attached hydrogens (tertiary/aromatic N) is 3. The summed E-state index contributed by atoms with van der Waals surface area (Å²) in [6.45, 7) is 3.41. The van der Waals surface area contributed by atoms with Crippen LogP contribution < -0.4 is 5.69 Å². The molecule has 0 amide bonds. The molecule has 6 nitrogen and oxygen atoms in total. The van der Waals surface area contributed by atoms with Gasteiger partial charge >= 0.3 is 5.69 Å². The number of halogens is 3. The minimum absolute atomic E-state index is 0.155. The number of carbonyl (C=O) groups excluding carboxylic acids is 1. The fraction of sp³-hybridized carbons (Fsp3) is 0.318. The maximum absolute atomic E-state index is 13.8. The third-order valence-electron chi connectivity index (χ3n) is 4.80. The maximum Gasteiger partial charge on any atom is 0.345 e. The van der Waals surface area contributed by atoms with E-state index in [1.807, 2.05) is 59.8 Å². The van der Waals surface area contributed by atoms with Crippen LogP contribution in [0.25, 0.3) is 0 Å². The summed E-state index contributed by atoms with van der Waals surface area (Å²) in [5.74, 6) is 0.0588. The number of hydrogen-bond donors (Lipinski definition) is 0. The van der Waals surface area contributed by atoms with Gasteiger partial charge in [-0.3, -0.25) is 9.36 Å². The summed E-state index contributed by atoms with van der Waals surface area (Å²) in [6, 6.07) is 12.3. The van der Waals surface area contributed by atoms with E-state index in [0.717, 1.165) is 11.6 Å². The van der Waals surface area contributed by atoms with Crippen molar-refractivity contribution in [3.63, 3.8) is 0 Å². The van der Waals surface area contributed by atoms with E-state index in [0.29, 0.717) is 47.5 Å². The van der Waals surface area contributed by atoms with E-state index in [4.69, 9.17) is 16.3 Å². The van der Waals surface area contributed by atoms with E-state index in [-0.39, 0.29) is 17.9 Å². The predicted molar refractivity (Wildman–Crippen MR) is 125 cm³/mol. The highest BCUT2D eigenvalue weighted by Gasteiger charge is 2.15. The Labute approximate surface area is 198 Å². The largest absolute Gasteiger partial charge is 0.369 e. The lowest BCUT2D eigenvalue weighted by molar-refractivity contribution is 0.0988. The second-order valence-electron chi connectivity index (χ2n) is 6.95. The molecule has 0 radical (unpaired) electrons. The Kier molecular flexibility index (Phi) is 8.39. The van der Waals surface area contributed by atoms with E-state index >= 15 is 0 Å². The summed E-state index contributed by atoms with van der Waals surface area (Å²) in [6.07, 6.45) is 1.04. The van der Waals surface area contributed by atoms with Gasteiger partial charge in [-0.25, -0.2) is 13.9 Å². The fourth-order valence-electron chi connectivity index (χ4n) is 3.28. The highest BCUT2D eigenvalue weighted by atomic mass is 127. The van der Waals surface area contributed by atoms with Gasteiger partial charge < -0.3 is 4.74 Å². The van der Waals surface area contributed by atoms with Crippen molar-refractivity contribution < 1.29 is 13.9 Å². The molecule has 0 N–H and O–H groups in total. The van der Waals surface area contributed by atoms with Gasteiger partial charge in [-0.2, -0.15) is 5.10 Å². The molecule has 0 bridgehead atoms. The van der Waals surface area contributed by atoms with E-state index < -0.39 is 11.1 Å². The second-order valence-corrected chi connectivity index (χ2v) is 8.37. The minimum Gasteiger partial charge on any atom is -0.369 e. The van der Waals surface area contributed by atoms with E-state index in [2.05, 4.69) is 5.10 Å². The van der Waals surface area contributed by atoms with Crippen molar-refractivity contribution in [3.05, 3.63) is 84.9 Å². The zero-order chi connectivity index (χ0) is 22.4. The molecule has 9 heteroatoms. The molecule has 0 atom stereocenters. The number of aromatic nitrogens is 3. The molecular formula is C22H22ClFIN3O3. The predicted octanol–water partition coefficient (Wildman–Crippen LogP) is 4.54. The molecule has 0 saturated carbocycles. The quantitative estimate of drug-likeness (QED) is 0.271. The number of benzene rings is 2. The smallest absolute Gasteiger partial charge is 0.345 e. The van der Waals surface area contributed by atoms with Crippen LogP contribution in [0.15, 0.2) is 47.3 Å². The van der Waals surface area contributed by atoms with Gasteiger partial charge in [0.15, 0.2) is 5.82 Å². The standard InChI is InChI=1S/C22H22ClFIN3O3/c1-2-27-19(14-31-13-15-7-4-3-5-8-15)26-28(22(27)30)10-6-9-16-11-17(24)12-18(20(16)25)21(23)29/h3-5,7-8,11-12H,2,6,9-10,13-14H2,1H3. The van der Waals surface area contributed by atoms with Crippen molar-refractivity contribution in [1.29, 1.82) is 0 Å². The molecule has 0 fully saturated rings.